The molecule has 0 aliphatic rings. The van der Waals surface area contributed by atoms with Crippen molar-refractivity contribution in [3.8, 4) is 0 Å². The minimum atomic E-state index is -0.574. The molecule has 2 N–H and O–H groups in total. The molecule has 9 heteroatoms. The van der Waals surface area contributed by atoms with Gasteiger partial charge in [-0.3, -0.25) is 0 Å². The minimum absolute atomic E-state index is 0.325. The molecule has 1 heterocycles. The smallest absolute Gasteiger partial charge is 0.407 e. The fourth-order valence-electron chi connectivity index (χ4n) is 2.70. The van der Waals surface area contributed by atoms with Crippen molar-refractivity contribution in [3.05, 3.63) is 47.6 Å². The summed E-state index contributed by atoms with van der Waals surface area (Å²) in [5.41, 5.74) is 0.533. The van der Waals surface area contributed by atoms with Gasteiger partial charge < -0.3 is 24.6 Å². The van der Waals surface area contributed by atoms with Gasteiger partial charge in [0, 0.05) is 13.0 Å². The molecule has 1 aromatic heterocycles. The molecular weight excluding hydrogens is 388 g/mol. The Morgan fingerprint density at radius 2 is 1.87 bits per heavy atom. The Labute approximate surface area is 176 Å². The number of nitrogens with zero attached hydrogens (tertiary/aromatic N) is 2. The molecule has 164 valence electrons. The maximum atomic E-state index is 11.7. The lowest BCUT2D eigenvalue weighted by Crippen LogP contribution is -2.33. The van der Waals surface area contributed by atoms with Crippen molar-refractivity contribution in [2.75, 3.05) is 13.7 Å². The number of aromatic nitrogens is 2. The van der Waals surface area contributed by atoms with E-state index >= 15 is 0 Å². The van der Waals surface area contributed by atoms with Crippen LogP contribution in [0.1, 0.15) is 63.4 Å². The van der Waals surface area contributed by atoms with Gasteiger partial charge in [-0.1, -0.05) is 35.5 Å². The van der Waals surface area contributed by atoms with Gasteiger partial charge in [-0.05, 0) is 45.6 Å². The number of methoxy groups -OCH3 is 1. The number of rotatable bonds is 9. The van der Waals surface area contributed by atoms with Gasteiger partial charge in [0.15, 0.2) is 5.82 Å². The second kappa shape index (κ2) is 11.2. The summed E-state index contributed by atoms with van der Waals surface area (Å²) in [4.78, 5) is 27.8. The van der Waals surface area contributed by atoms with Gasteiger partial charge in [0.05, 0.1) is 7.11 Å². The number of benzene rings is 1. The predicted molar refractivity (Wildman–Crippen MR) is 110 cm³/mol. The lowest BCUT2D eigenvalue weighted by atomic mass is 10.1. The predicted octanol–water partition coefficient (Wildman–Crippen LogP) is 3.75. The summed E-state index contributed by atoms with van der Waals surface area (Å²) in [5.74, 6) is 0.867. The molecular formula is C21H30N4O5. The molecule has 0 bridgehead atoms. The zero-order valence-corrected chi connectivity index (χ0v) is 17.9. The van der Waals surface area contributed by atoms with Crippen LogP contribution in [0.2, 0.25) is 0 Å². The van der Waals surface area contributed by atoms with Gasteiger partial charge in [0.25, 0.3) is 0 Å². The molecule has 9 nitrogen and oxygen atoms in total. The third-order valence-corrected chi connectivity index (χ3v) is 4.05. The average molecular weight is 418 g/mol. The maximum absolute atomic E-state index is 11.7. The van der Waals surface area contributed by atoms with E-state index < -0.39 is 23.8 Å². The van der Waals surface area contributed by atoms with Gasteiger partial charge in [-0.15, -0.1) is 0 Å². The lowest BCUT2D eigenvalue weighted by Gasteiger charge is -2.19. The minimum Gasteiger partial charge on any atom is -0.453 e. The Bertz CT molecular complexity index is 801. The van der Waals surface area contributed by atoms with E-state index in [4.69, 9.17) is 14.0 Å². The molecule has 0 aliphatic heterocycles. The van der Waals surface area contributed by atoms with E-state index in [0.29, 0.717) is 43.9 Å². The first-order valence-electron chi connectivity index (χ1n) is 9.94. The third kappa shape index (κ3) is 8.50. The van der Waals surface area contributed by atoms with Gasteiger partial charge in [-0.2, -0.15) is 4.98 Å². The largest absolute Gasteiger partial charge is 0.453 e. The van der Waals surface area contributed by atoms with E-state index in [1.165, 1.54) is 7.11 Å². The Morgan fingerprint density at radius 1 is 1.13 bits per heavy atom. The number of unbranched alkanes of at least 4 members (excludes halogenated alkanes) is 1. The first kappa shape index (κ1) is 23.2. The van der Waals surface area contributed by atoms with Crippen LogP contribution in [0.15, 0.2) is 34.9 Å². The normalized spacial score (nSPS) is 12.1. The standard InChI is InChI=1S/C21H30N4O5/c1-21(2,3)29-19(26)22-13-9-8-12-16(23-20(27)28-4)18-24-17(25-30-18)14-15-10-6-5-7-11-15/h5-7,10-11,16H,8-9,12-14H2,1-4H3,(H,22,26)(H,23,27)/t16-/m1/s1. The number of carbonyl (C=O) groups excluding carboxylic acids is 2. The van der Waals surface area contributed by atoms with Gasteiger partial charge in [-0.25, -0.2) is 9.59 Å². The summed E-state index contributed by atoms with van der Waals surface area (Å²) in [7, 11) is 1.30. The average Bonchev–Trinajstić information content (AvgIpc) is 3.14. The van der Waals surface area contributed by atoms with Crippen molar-refractivity contribution in [1.29, 1.82) is 0 Å². The fraction of sp³-hybridized carbons (Fsp3) is 0.524. The summed E-state index contributed by atoms with van der Waals surface area (Å²) in [6, 6.07) is 9.33. The number of carbonyl (C=O) groups is 2. The van der Waals surface area contributed by atoms with Crippen molar-refractivity contribution in [2.24, 2.45) is 0 Å². The Kier molecular flexibility index (Phi) is 8.64. The highest BCUT2D eigenvalue weighted by molar-refractivity contribution is 5.67. The number of amides is 2. The second-order valence-corrected chi connectivity index (χ2v) is 7.82. The molecule has 2 amide bonds. The highest BCUT2D eigenvalue weighted by Gasteiger charge is 2.22. The number of nitrogens with one attached hydrogen (secondary N) is 2. The zero-order valence-electron chi connectivity index (χ0n) is 17.9. The topological polar surface area (TPSA) is 116 Å². The van der Waals surface area contributed by atoms with Crippen LogP contribution >= 0.6 is 0 Å². The fourth-order valence-corrected chi connectivity index (χ4v) is 2.70. The number of hydrogen-bond acceptors (Lipinski definition) is 7. The zero-order chi connectivity index (χ0) is 22.0. The highest BCUT2D eigenvalue weighted by Crippen LogP contribution is 2.19. The van der Waals surface area contributed by atoms with E-state index in [2.05, 4.69) is 20.8 Å². The first-order chi connectivity index (χ1) is 14.3. The summed E-state index contributed by atoms with van der Waals surface area (Å²) in [6.45, 7) is 5.90. The van der Waals surface area contributed by atoms with Crippen molar-refractivity contribution < 1.29 is 23.6 Å². The number of hydrogen-bond donors (Lipinski definition) is 2. The summed E-state index contributed by atoms with van der Waals surface area (Å²) in [6.07, 6.45) is 1.47. The van der Waals surface area contributed by atoms with Crippen LogP contribution in [0.25, 0.3) is 0 Å². The van der Waals surface area contributed by atoms with Crippen LogP contribution < -0.4 is 10.6 Å². The maximum Gasteiger partial charge on any atom is 0.407 e. The van der Waals surface area contributed by atoms with Crippen LogP contribution in [0, 0.1) is 0 Å². The second-order valence-electron chi connectivity index (χ2n) is 7.82. The van der Waals surface area contributed by atoms with Crippen LogP contribution in [0.4, 0.5) is 9.59 Å². The van der Waals surface area contributed by atoms with Crippen molar-refractivity contribution in [3.63, 3.8) is 0 Å². The molecule has 0 unspecified atom stereocenters. The molecule has 30 heavy (non-hydrogen) atoms. The van der Waals surface area contributed by atoms with E-state index in [-0.39, 0.29) is 0 Å². The molecule has 0 aliphatic carbocycles. The van der Waals surface area contributed by atoms with Crippen LogP contribution in [0.5, 0.6) is 0 Å². The van der Waals surface area contributed by atoms with Gasteiger partial charge in [0.1, 0.15) is 11.6 Å². The molecule has 1 atom stereocenters. The lowest BCUT2D eigenvalue weighted by molar-refractivity contribution is 0.0527. The van der Waals surface area contributed by atoms with E-state index in [0.717, 1.165) is 5.56 Å². The molecule has 1 aromatic carbocycles. The van der Waals surface area contributed by atoms with Crippen LogP contribution in [-0.2, 0) is 15.9 Å². The number of ether oxygens (including phenoxy) is 2. The molecule has 0 saturated carbocycles. The Hall–Kier alpha value is -3.10. The van der Waals surface area contributed by atoms with Gasteiger partial charge in [0.2, 0.25) is 5.89 Å². The molecule has 2 aromatic rings. The number of alkyl carbamates (subject to hydrolysis) is 2. The Morgan fingerprint density at radius 3 is 2.53 bits per heavy atom. The highest BCUT2D eigenvalue weighted by atomic mass is 16.6. The summed E-state index contributed by atoms with van der Waals surface area (Å²) in [5, 5.41) is 9.45. The van der Waals surface area contributed by atoms with Crippen LogP contribution in [0.3, 0.4) is 0 Å². The monoisotopic (exact) mass is 418 g/mol. The molecule has 0 saturated heterocycles. The van der Waals surface area contributed by atoms with Crippen molar-refractivity contribution >= 4 is 12.2 Å². The van der Waals surface area contributed by atoms with Gasteiger partial charge >= 0.3 is 12.2 Å². The van der Waals surface area contributed by atoms with Crippen molar-refractivity contribution in [1.82, 2.24) is 20.8 Å². The Balaban J connectivity index is 1.86. The molecule has 0 radical (unpaired) electrons. The molecule has 0 fully saturated rings. The summed E-state index contributed by atoms with van der Waals surface area (Å²) < 4.78 is 15.3. The molecule has 2 rings (SSSR count). The van der Waals surface area contributed by atoms with E-state index in [1.807, 2.05) is 51.1 Å². The van der Waals surface area contributed by atoms with Crippen molar-refractivity contribution in [2.45, 2.75) is 58.1 Å². The van der Waals surface area contributed by atoms with E-state index in [9.17, 15) is 9.59 Å². The van der Waals surface area contributed by atoms with Crippen LogP contribution in [-0.4, -0.2) is 41.6 Å². The molecule has 0 spiro atoms. The third-order valence-electron chi connectivity index (χ3n) is 4.05. The summed E-state index contributed by atoms with van der Waals surface area (Å²) >= 11 is 0. The first-order valence-corrected chi connectivity index (χ1v) is 9.94. The van der Waals surface area contributed by atoms with E-state index in [1.54, 1.807) is 0 Å². The quantitative estimate of drug-likeness (QED) is 0.596. The SMILES string of the molecule is COC(=O)N[C@H](CCCCNC(=O)OC(C)(C)C)c1nc(Cc2ccccc2)no1.